The molecule has 0 spiro atoms. The summed E-state index contributed by atoms with van der Waals surface area (Å²) in [4.78, 5) is 11.6. The van der Waals surface area contributed by atoms with Crippen LogP contribution in [0.25, 0.3) is 10.9 Å². The number of anilines is 2. The third-order valence-corrected chi connectivity index (χ3v) is 8.41. The van der Waals surface area contributed by atoms with Gasteiger partial charge in [-0.05, 0) is 124 Å². The maximum Gasteiger partial charge on any atom is 0.225 e. The predicted molar refractivity (Wildman–Crippen MR) is 150 cm³/mol. The van der Waals surface area contributed by atoms with Gasteiger partial charge in [-0.3, -0.25) is 0 Å². The Morgan fingerprint density at radius 2 is 1.34 bits per heavy atom. The Bertz CT molecular complexity index is 1150. The van der Waals surface area contributed by atoms with Crippen molar-refractivity contribution in [2.75, 3.05) is 37.4 Å². The smallest absolute Gasteiger partial charge is 0.225 e. The van der Waals surface area contributed by atoms with E-state index in [1.54, 1.807) is 0 Å². The summed E-state index contributed by atoms with van der Waals surface area (Å²) in [5.41, 5.74) is 9.76. The van der Waals surface area contributed by atoms with Crippen molar-refractivity contribution in [2.24, 2.45) is 11.8 Å². The Hall–Kier alpha value is -2.66. The van der Waals surface area contributed by atoms with Crippen LogP contribution >= 0.6 is 0 Å². The summed E-state index contributed by atoms with van der Waals surface area (Å²) in [7, 11) is 4.08. The zero-order chi connectivity index (χ0) is 25.1. The fourth-order valence-electron chi connectivity index (χ4n) is 5.60. The van der Waals surface area contributed by atoms with Crippen molar-refractivity contribution < 1.29 is 0 Å². The molecule has 0 atom stereocenters. The van der Waals surface area contributed by atoms with Crippen LogP contribution in [0.1, 0.15) is 59.1 Å². The Morgan fingerprint density at radius 1 is 0.771 bits per heavy atom. The summed E-state index contributed by atoms with van der Waals surface area (Å²) in [5.74, 6) is 3.18. The number of hydrogen-bond donors (Lipinski definition) is 2. The number of para-hydroxylation sites is 1. The van der Waals surface area contributed by atoms with Crippen molar-refractivity contribution in [3.8, 4) is 0 Å². The summed E-state index contributed by atoms with van der Waals surface area (Å²) < 4.78 is 0. The highest BCUT2D eigenvalue weighted by Gasteiger charge is 2.22. The standard InChI is InChI=1S/C30H43N5/c1-19-20(2)22(4)27(23(5)21(19)3)18-31-16-24-12-14-25(15-13-24)17-32-30-33-28-11-9-8-10-26(28)29(34-30)35(6)7/h8-11,24-25,31H,12-18H2,1-7H3,(H,32,33,34). The molecule has 2 aromatic carbocycles. The minimum Gasteiger partial charge on any atom is -0.362 e. The molecule has 1 aromatic heterocycles. The monoisotopic (exact) mass is 473 g/mol. The first-order valence-corrected chi connectivity index (χ1v) is 13.2. The number of nitrogens with zero attached hydrogens (tertiary/aromatic N) is 3. The van der Waals surface area contributed by atoms with E-state index in [9.17, 15) is 0 Å². The van der Waals surface area contributed by atoms with E-state index in [2.05, 4.69) is 62.3 Å². The summed E-state index contributed by atoms with van der Waals surface area (Å²) in [6.45, 7) is 14.4. The molecule has 5 heteroatoms. The Kier molecular flexibility index (Phi) is 7.95. The molecule has 2 N–H and O–H groups in total. The SMILES string of the molecule is Cc1c(C)c(C)c(CNCC2CCC(CNc3nc(N(C)C)c4ccccc4n3)CC2)c(C)c1C. The fraction of sp³-hybridized carbons (Fsp3) is 0.533. The fourth-order valence-corrected chi connectivity index (χ4v) is 5.60. The van der Waals surface area contributed by atoms with Crippen LogP contribution in [0, 0.1) is 46.5 Å². The summed E-state index contributed by atoms with van der Waals surface area (Å²) in [6.07, 6.45) is 5.14. The van der Waals surface area contributed by atoms with Crippen molar-refractivity contribution in [2.45, 2.75) is 66.8 Å². The normalized spacial score (nSPS) is 18.1. The lowest BCUT2D eigenvalue weighted by molar-refractivity contribution is 0.275. The summed E-state index contributed by atoms with van der Waals surface area (Å²) in [6, 6.07) is 8.24. The molecule has 0 aliphatic heterocycles. The van der Waals surface area contributed by atoms with Crippen molar-refractivity contribution in [3.05, 3.63) is 57.6 Å². The van der Waals surface area contributed by atoms with Crippen molar-refractivity contribution in [3.63, 3.8) is 0 Å². The second-order valence-corrected chi connectivity index (χ2v) is 10.8. The van der Waals surface area contributed by atoms with E-state index in [1.807, 2.05) is 26.2 Å². The quantitative estimate of drug-likeness (QED) is 0.405. The number of aromatic nitrogens is 2. The molecule has 0 bridgehead atoms. The van der Waals surface area contributed by atoms with Crippen LogP contribution in [-0.2, 0) is 6.54 Å². The van der Waals surface area contributed by atoms with Crippen molar-refractivity contribution >= 4 is 22.7 Å². The van der Waals surface area contributed by atoms with Gasteiger partial charge in [0.15, 0.2) is 0 Å². The number of rotatable bonds is 8. The van der Waals surface area contributed by atoms with E-state index < -0.39 is 0 Å². The van der Waals surface area contributed by atoms with Crippen LogP contribution in [-0.4, -0.2) is 37.2 Å². The van der Waals surface area contributed by atoms with Crippen LogP contribution in [0.2, 0.25) is 0 Å². The largest absolute Gasteiger partial charge is 0.362 e. The molecule has 1 saturated carbocycles. The van der Waals surface area contributed by atoms with Gasteiger partial charge >= 0.3 is 0 Å². The Labute approximate surface area is 211 Å². The Morgan fingerprint density at radius 3 is 1.97 bits per heavy atom. The molecule has 1 aliphatic carbocycles. The zero-order valence-corrected chi connectivity index (χ0v) is 22.8. The molecule has 3 aromatic rings. The highest BCUT2D eigenvalue weighted by atomic mass is 15.2. The average molecular weight is 474 g/mol. The topological polar surface area (TPSA) is 53.1 Å². The number of nitrogens with one attached hydrogen (secondary N) is 2. The third kappa shape index (κ3) is 5.61. The van der Waals surface area contributed by atoms with E-state index in [0.717, 1.165) is 48.2 Å². The average Bonchev–Trinajstić information content (AvgIpc) is 2.87. The van der Waals surface area contributed by atoms with Gasteiger partial charge < -0.3 is 15.5 Å². The molecule has 0 saturated heterocycles. The second-order valence-electron chi connectivity index (χ2n) is 10.8. The molecule has 188 valence electrons. The van der Waals surface area contributed by atoms with E-state index in [4.69, 9.17) is 9.97 Å². The highest BCUT2D eigenvalue weighted by Crippen LogP contribution is 2.30. The molecule has 35 heavy (non-hydrogen) atoms. The molecule has 0 radical (unpaired) electrons. The maximum atomic E-state index is 4.79. The van der Waals surface area contributed by atoms with E-state index in [-0.39, 0.29) is 0 Å². The van der Waals surface area contributed by atoms with Gasteiger partial charge in [-0.2, -0.15) is 4.98 Å². The minimum absolute atomic E-state index is 0.691. The second kappa shape index (κ2) is 10.9. The number of fused-ring (bicyclic) bond motifs is 1. The molecule has 0 amide bonds. The van der Waals surface area contributed by atoms with Crippen LogP contribution < -0.4 is 15.5 Å². The number of hydrogen-bond acceptors (Lipinski definition) is 5. The first-order chi connectivity index (χ1) is 16.8. The first kappa shape index (κ1) is 25.4. The van der Waals surface area contributed by atoms with Gasteiger partial charge in [0.2, 0.25) is 5.95 Å². The summed E-state index contributed by atoms with van der Waals surface area (Å²) in [5, 5.41) is 8.43. The molecular formula is C30H43N5. The van der Waals surface area contributed by atoms with E-state index in [1.165, 1.54) is 59.1 Å². The van der Waals surface area contributed by atoms with Gasteiger partial charge in [-0.25, -0.2) is 4.98 Å². The maximum absolute atomic E-state index is 4.79. The number of benzene rings is 2. The lowest BCUT2D eigenvalue weighted by Gasteiger charge is -2.29. The molecule has 1 fully saturated rings. The van der Waals surface area contributed by atoms with Gasteiger partial charge in [0.25, 0.3) is 0 Å². The van der Waals surface area contributed by atoms with Crippen LogP contribution in [0.15, 0.2) is 24.3 Å². The predicted octanol–water partition coefficient (Wildman–Crippen LogP) is 6.25. The third-order valence-electron chi connectivity index (χ3n) is 8.41. The minimum atomic E-state index is 0.691. The van der Waals surface area contributed by atoms with Gasteiger partial charge in [0, 0.05) is 32.6 Å². The molecular weight excluding hydrogens is 430 g/mol. The van der Waals surface area contributed by atoms with Crippen molar-refractivity contribution in [1.82, 2.24) is 15.3 Å². The van der Waals surface area contributed by atoms with E-state index >= 15 is 0 Å². The lowest BCUT2D eigenvalue weighted by atomic mass is 9.82. The van der Waals surface area contributed by atoms with Crippen LogP contribution in [0.5, 0.6) is 0 Å². The lowest BCUT2D eigenvalue weighted by Crippen LogP contribution is -2.29. The van der Waals surface area contributed by atoms with Gasteiger partial charge in [-0.1, -0.05) is 12.1 Å². The zero-order valence-electron chi connectivity index (χ0n) is 22.8. The van der Waals surface area contributed by atoms with Gasteiger partial charge in [0.05, 0.1) is 5.52 Å². The van der Waals surface area contributed by atoms with Crippen molar-refractivity contribution in [1.29, 1.82) is 0 Å². The van der Waals surface area contributed by atoms with Crippen LogP contribution in [0.4, 0.5) is 11.8 Å². The summed E-state index contributed by atoms with van der Waals surface area (Å²) >= 11 is 0. The molecule has 0 unspecified atom stereocenters. The molecule has 4 rings (SSSR count). The molecule has 1 heterocycles. The van der Waals surface area contributed by atoms with Gasteiger partial charge in [-0.15, -0.1) is 0 Å². The van der Waals surface area contributed by atoms with Crippen LogP contribution in [0.3, 0.4) is 0 Å². The molecule has 1 aliphatic rings. The first-order valence-electron chi connectivity index (χ1n) is 13.2. The van der Waals surface area contributed by atoms with Gasteiger partial charge in [0.1, 0.15) is 5.82 Å². The molecule has 5 nitrogen and oxygen atoms in total. The Balaban J connectivity index is 1.27. The highest BCUT2D eigenvalue weighted by molar-refractivity contribution is 5.90. The van der Waals surface area contributed by atoms with E-state index in [0.29, 0.717) is 5.92 Å².